The first-order valence-electron chi connectivity index (χ1n) is 6.42. The van der Waals surface area contributed by atoms with Gasteiger partial charge in [-0.3, -0.25) is 4.79 Å². The number of hydrogen-bond donors (Lipinski definition) is 2. The zero-order chi connectivity index (χ0) is 11.2. The fourth-order valence-electron chi connectivity index (χ4n) is 2.48. The molecule has 0 bridgehead atoms. The van der Waals surface area contributed by atoms with E-state index in [0.717, 1.165) is 45.2 Å². The molecule has 0 aliphatic carbocycles. The molecule has 2 heterocycles. The van der Waals surface area contributed by atoms with E-state index >= 15 is 0 Å². The second-order valence-electron chi connectivity index (χ2n) is 4.85. The molecule has 2 fully saturated rings. The third kappa shape index (κ3) is 3.98. The Morgan fingerprint density at radius 2 is 1.88 bits per heavy atom. The monoisotopic (exact) mass is 242 g/mol. The Bertz CT molecular complexity index is 201. The fraction of sp³-hybridized carbons (Fsp3) is 0.917. The van der Waals surface area contributed by atoms with Gasteiger partial charge in [-0.1, -0.05) is 0 Å². The van der Waals surface area contributed by atoms with Crippen molar-refractivity contribution >= 4 is 17.7 Å². The second kappa shape index (κ2) is 6.50. The van der Waals surface area contributed by atoms with Crippen LogP contribution in [0, 0.1) is 5.92 Å². The summed E-state index contributed by atoms with van der Waals surface area (Å²) in [6.45, 7) is 2.16. The molecular weight excluding hydrogens is 220 g/mol. The van der Waals surface area contributed by atoms with E-state index in [1.807, 2.05) is 11.8 Å². The minimum atomic E-state index is 0.281. The van der Waals surface area contributed by atoms with Gasteiger partial charge in [-0.05, 0) is 56.2 Å². The molecule has 0 aromatic rings. The van der Waals surface area contributed by atoms with Crippen LogP contribution in [0.4, 0.5) is 0 Å². The molecule has 0 saturated carbocycles. The quantitative estimate of drug-likeness (QED) is 0.786. The number of amides is 1. The van der Waals surface area contributed by atoms with E-state index in [1.54, 1.807) is 0 Å². The topological polar surface area (TPSA) is 41.1 Å². The number of nitrogens with one attached hydrogen (secondary N) is 2. The first-order valence-corrected chi connectivity index (χ1v) is 7.58. The first-order chi connectivity index (χ1) is 7.84. The highest BCUT2D eigenvalue weighted by Crippen LogP contribution is 2.19. The Hall–Kier alpha value is -0.220. The molecule has 2 saturated heterocycles. The van der Waals surface area contributed by atoms with Gasteiger partial charge >= 0.3 is 0 Å². The van der Waals surface area contributed by atoms with E-state index in [4.69, 9.17) is 0 Å². The lowest BCUT2D eigenvalue weighted by molar-refractivity contribution is -0.122. The number of rotatable bonds is 3. The number of carbonyl (C=O) groups excluding carboxylic acids is 1. The third-order valence-electron chi connectivity index (χ3n) is 3.52. The van der Waals surface area contributed by atoms with Crippen LogP contribution in [-0.2, 0) is 4.79 Å². The van der Waals surface area contributed by atoms with Crippen molar-refractivity contribution in [3.05, 3.63) is 0 Å². The molecule has 3 nitrogen and oxygen atoms in total. The minimum absolute atomic E-state index is 0.281. The van der Waals surface area contributed by atoms with Crippen LogP contribution in [0.3, 0.4) is 0 Å². The molecule has 92 valence electrons. The maximum Gasteiger partial charge on any atom is 0.220 e. The van der Waals surface area contributed by atoms with Gasteiger partial charge in [0.2, 0.25) is 5.91 Å². The SMILES string of the molecule is O=C(CC1CCNCC1)NC1CCSCC1. The van der Waals surface area contributed by atoms with Crippen molar-refractivity contribution in [2.45, 2.75) is 38.1 Å². The van der Waals surface area contributed by atoms with Crippen LogP contribution in [0.2, 0.25) is 0 Å². The summed E-state index contributed by atoms with van der Waals surface area (Å²) in [5.74, 6) is 3.30. The van der Waals surface area contributed by atoms with Crippen LogP contribution in [0.5, 0.6) is 0 Å². The van der Waals surface area contributed by atoms with E-state index in [1.165, 1.54) is 11.5 Å². The Morgan fingerprint density at radius 1 is 1.19 bits per heavy atom. The van der Waals surface area contributed by atoms with Crippen LogP contribution in [0.1, 0.15) is 32.1 Å². The molecule has 2 aliphatic rings. The summed E-state index contributed by atoms with van der Waals surface area (Å²) in [4.78, 5) is 11.8. The Kier molecular flexibility index (Phi) is 4.97. The van der Waals surface area contributed by atoms with Crippen molar-refractivity contribution in [1.29, 1.82) is 0 Å². The smallest absolute Gasteiger partial charge is 0.220 e. The number of piperidine rings is 1. The highest BCUT2D eigenvalue weighted by atomic mass is 32.2. The van der Waals surface area contributed by atoms with Crippen LogP contribution >= 0.6 is 11.8 Å². The van der Waals surface area contributed by atoms with Gasteiger partial charge in [0.15, 0.2) is 0 Å². The second-order valence-corrected chi connectivity index (χ2v) is 6.08. The number of hydrogen-bond acceptors (Lipinski definition) is 3. The Labute approximate surface area is 102 Å². The summed E-state index contributed by atoms with van der Waals surface area (Å²) in [6.07, 6.45) is 5.37. The molecule has 0 aromatic carbocycles. The van der Waals surface area contributed by atoms with Crippen LogP contribution < -0.4 is 10.6 Å². The zero-order valence-electron chi connectivity index (χ0n) is 9.84. The van der Waals surface area contributed by atoms with Crippen molar-refractivity contribution in [3.63, 3.8) is 0 Å². The minimum Gasteiger partial charge on any atom is -0.353 e. The molecular formula is C12H22N2OS. The van der Waals surface area contributed by atoms with Gasteiger partial charge in [0, 0.05) is 12.5 Å². The summed E-state index contributed by atoms with van der Waals surface area (Å²) in [6, 6.07) is 0.454. The van der Waals surface area contributed by atoms with Gasteiger partial charge in [-0.15, -0.1) is 0 Å². The summed E-state index contributed by atoms with van der Waals surface area (Å²) in [5.41, 5.74) is 0. The summed E-state index contributed by atoms with van der Waals surface area (Å²) >= 11 is 2.00. The maximum atomic E-state index is 11.8. The van der Waals surface area contributed by atoms with Crippen molar-refractivity contribution < 1.29 is 4.79 Å². The van der Waals surface area contributed by atoms with Gasteiger partial charge < -0.3 is 10.6 Å². The first kappa shape index (κ1) is 12.2. The molecule has 0 radical (unpaired) electrons. The van der Waals surface area contributed by atoms with E-state index in [-0.39, 0.29) is 5.91 Å². The third-order valence-corrected chi connectivity index (χ3v) is 4.57. The molecule has 0 atom stereocenters. The molecule has 0 unspecified atom stereocenters. The number of carbonyl (C=O) groups is 1. The Balaban J connectivity index is 1.66. The average Bonchev–Trinajstić information content (AvgIpc) is 2.31. The standard InChI is InChI=1S/C12H22N2OS/c15-12(9-10-1-5-13-6-2-10)14-11-3-7-16-8-4-11/h10-11,13H,1-9H2,(H,14,15). The van der Waals surface area contributed by atoms with Gasteiger partial charge in [-0.25, -0.2) is 0 Å². The summed E-state index contributed by atoms with van der Waals surface area (Å²) < 4.78 is 0. The zero-order valence-corrected chi connectivity index (χ0v) is 10.7. The van der Waals surface area contributed by atoms with Gasteiger partial charge in [0.05, 0.1) is 0 Å². The van der Waals surface area contributed by atoms with Gasteiger partial charge in [0.25, 0.3) is 0 Å². The predicted molar refractivity (Wildman–Crippen MR) is 68.7 cm³/mol. The lowest BCUT2D eigenvalue weighted by Gasteiger charge is -2.25. The van der Waals surface area contributed by atoms with Crippen LogP contribution in [-0.4, -0.2) is 36.5 Å². The summed E-state index contributed by atoms with van der Waals surface area (Å²) in [5, 5.41) is 6.53. The van der Waals surface area contributed by atoms with Crippen LogP contribution in [0.25, 0.3) is 0 Å². The predicted octanol–water partition coefficient (Wildman–Crippen LogP) is 1.39. The maximum absolute atomic E-state index is 11.8. The average molecular weight is 242 g/mol. The molecule has 2 N–H and O–H groups in total. The molecule has 0 aromatic heterocycles. The number of thioether (sulfide) groups is 1. The van der Waals surface area contributed by atoms with E-state index in [9.17, 15) is 4.79 Å². The molecule has 1 amide bonds. The summed E-state index contributed by atoms with van der Waals surface area (Å²) in [7, 11) is 0. The van der Waals surface area contributed by atoms with E-state index < -0.39 is 0 Å². The lowest BCUT2D eigenvalue weighted by atomic mass is 9.94. The highest BCUT2D eigenvalue weighted by molar-refractivity contribution is 7.99. The van der Waals surface area contributed by atoms with Gasteiger partial charge in [0.1, 0.15) is 0 Å². The Morgan fingerprint density at radius 3 is 2.56 bits per heavy atom. The lowest BCUT2D eigenvalue weighted by Crippen LogP contribution is -2.39. The molecule has 0 spiro atoms. The molecule has 2 aliphatic heterocycles. The van der Waals surface area contributed by atoms with Crippen molar-refractivity contribution in [1.82, 2.24) is 10.6 Å². The van der Waals surface area contributed by atoms with Gasteiger partial charge in [-0.2, -0.15) is 11.8 Å². The fourth-order valence-corrected chi connectivity index (χ4v) is 3.58. The molecule has 4 heteroatoms. The van der Waals surface area contributed by atoms with E-state index in [2.05, 4.69) is 10.6 Å². The van der Waals surface area contributed by atoms with Crippen molar-refractivity contribution in [2.24, 2.45) is 5.92 Å². The van der Waals surface area contributed by atoms with E-state index in [0.29, 0.717) is 12.0 Å². The largest absolute Gasteiger partial charge is 0.353 e. The van der Waals surface area contributed by atoms with Crippen molar-refractivity contribution in [3.8, 4) is 0 Å². The molecule has 16 heavy (non-hydrogen) atoms. The van der Waals surface area contributed by atoms with Crippen LogP contribution in [0.15, 0.2) is 0 Å². The van der Waals surface area contributed by atoms with Crippen molar-refractivity contribution in [2.75, 3.05) is 24.6 Å². The highest BCUT2D eigenvalue weighted by Gasteiger charge is 2.20. The molecule has 2 rings (SSSR count). The normalized spacial score (nSPS) is 24.2.